The summed E-state index contributed by atoms with van der Waals surface area (Å²) in [5.41, 5.74) is -0.292. The molecule has 2 heteroatoms. The van der Waals surface area contributed by atoms with Crippen molar-refractivity contribution in [1.82, 2.24) is 0 Å². The number of hydrogen-bond donors (Lipinski definition) is 0. The molecule has 2 nitrogen and oxygen atoms in total. The maximum Gasteiger partial charge on any atom is 0.333 e. The van der Waals surface area contributed by atoms with Crippen molar-refractivity contribution in [2.75, 3.05) is 0 Å². The van der Waals surface area contributed by atoms with Crippen LogP contribution in [-0.4, -0.2) is 12.1 Å². The Hall–Kier alpha value is -1.41. The van der Waals surface area contributed by atoms with E-state index in [-0.39, 0.29) is 22.9 Å². The molecule has 1 saturated carbocycles. The highest BCUT2D eigenvalue weighted by Gasteiger charge is 2.23. The predicted octanol–water partition coefficient (Wildman–Crippen LogP) is 4.58. The molecular weight excluding hydrogens is 272 g/mol. The van der Waals surface area contributed by atoms with Crippen LogP contribution >= 0.6 is 0 Å². The van der Waals surface area contributed by atoms with Gasteiger partial charge in [-0.05, 0) is 67.2 Å². The fourth-order valence-corrected chi connectivity index (χ4v) is 2.15. The Bertz CT molecular complexity index is 456. The van der Waals surface area contributed by atoms with Crippen LogP contribution in [0, 0.1) is 40.4 Å². The van der Waals surface area contributed by atoms with Crippen molar-refractivity contribution < 1.29 is 9.53 Å². The third-order valence-electron chi connectivity index (χ3n) is 3.25. The van der Waals surface area contributed by atoms with E-state index in [2.05, 4.69) is 23.7 Å². The van der Waals surface area contributed by atoms with Gasteiger partial charge in [-0.1, -0.05) is 30.1 Å². The molecular formula is C20H30O2. The molecule has 122 valence electrons. The summed E-state index contributed by atoms with van der Waals surface area (Å²) in [6.45, 7) is 12.2. The number of carbonyl (C=O) groups excluding carboxylic acids is 1. The van der Waals surface area contributed by atoms with Crippen molar-refractivity contribution in [3.05, 3.63) is 0 Å². The Balaban J connectivity index is 2.84. The third-order valence-corrected chi connectivity index (χ3v) is 3.25. The fraction of sp³-hybridized carbons (Fsp3) is 0.750. The lowest BCUT2D eigenvalue weighted by Gasteiger charge is -2.22. The second-order valence-electron chi connectivity index (χ2n) is 8.17. The zero-order chi connectivity index (χ0) is 16.8. The molecule has 0 heterocycles. The summed E-state index contributed by atoms with van der Waals surface area (Å²) in [7, 11) is 0. The highest BCUT2D eigenvalue weighted by molar-refractivity contribution is 5.79. The smallest absolute Gasteiger partial charge is 0.333 e. The zero-order valence-electron chi connectivity index (χ0n) is 15.0. The van der Waals surface area contributed by atoms with Gasteiger partial charge < -0.3 is 4.74 Å². The van der Waals surface area contributed by atoms with Crippen LogP contribution < -0.4 is 0 Å². The summed E-state index contributed by atoms with van der Waals surface area (Å²) in [4.78, 5) is 12.4. The first-order valence-electron chi connectivity index (χ1n) is 8.33. The lowest BCUT2D eigenvalue weighted by molar-refractivity contribution is -0.151. The molecule has 1 fully saturated rings. The van der Waals surface area contributed by atoms with Gasteiger partial charge in [0.15, 0.2) is 5.92 Å². The average molecular weight is 302 g/mol. The summed E-state index contributed by atoms with van der Waals surface area (Å²) >= 11 is 0. The van der Waals surface area contributed by atoms with Crippen LogP contribution in [0.2, 0.25) is 0 Å². The van der Waals surface area contributed by atoms with E-state index in [0.29, 0.717) is 0 Å². The highest BCUT2D eigenvalue weighted by atomic mass is 16.5. The Labute approximate surface area is 136 Å². The molecule has 0 spiro atoms. The third kappa shape index (κ3) is 8.14. The second-order valence-corrected chi connectivity index (χ2v) is 8.17. The number of esters is 1. The van der Waals surface area contributed by atoms with E-state index >= 15 is 0 Å². The summed E-state index contributed by atoms with van der Waals surface area (Å²) in [5, 5.41) is 0. The molecule has 1 rings (SSSR count). The molecule has 1 aliphatic rings. The molecule has 0 atom stereocenters. The minimum atomic E-state index is -0.639. The van der Waals surface area contributed by atoms with Gasteiger partial charge in [0.2, 0.25) is 0 Å². The SMILES string of the molecule is CC(C)(C)C#CC(C#CC(C)(C)C)C(=O)OC1CCCCC1. The summed E-state index contributed by atoms with van der Waals surface area (Å²) in [6.07, 6.45) is 5.52. The first-order valence-corrected chi connectivity index (χ1v) is 8.33. The van der Waals surface area contributed by atoms with Crippen molar-refractivity contribution in [1.29, 1.82) is 0 Å². The van der Waals surface area contributed by atoms with Crippen LogP contribution in [0.3, 0.4) is 0 Å². The van der Waals surface area contributed by atoms with Gasteiger partial charge in [-0.2, -0.15) is 0 Å². The van der Waals surface area contributed by atoms with Gasteiger partial charge in [0.05, 0.1) is 0 Å². The van der Waals surface area contributed by atoms with E-state index in [1.165, 1.54) is 6.42 Å². The van der Waals surface area contributed by atoms with Crippen molar-refractivity contribution in [2.24, 2.45) is 16.7 Å². The molecule has 0 bridgehead atoms. The second kappa shape index (κ2) is 7.73. The first-order chi connectivity index (χ1) is 10.1. The topological polar surface area (TPSA) is 26.3 Å². The molecule has 0 amide bonds. The molecule has 0 unspecified atom stereocenters. The average Bonchev–Trinajstić information content (AvgIpc) is 2.37. The van der Waals surface area contributed by atoms with Crippen LogP contribution in [0.5, 0.6) is 0 Å². The molecule has 0 aromatic carbocycles. The minimum Gasteiger partial charge on any atom is -0.461 e. The summed E-state index contributed by atoms with van der Waals surface area (Å²) in [6, 6.07) is 0. The van der Waals surface area contributed by atoms with E-state index < -0.39 is 5.92 Å². The van der Waals surface area contributed by atoms with Gasteiger partial charge in [0.1, 0.15) is 6.10 Å². The van der Waals surface area contributed by atoms with Gasteiger partial charge in [-0.3, -0.25) is 0 Å². The Morgan fingerprint density at radius 1 is 0.909 bits per heavy atom. The van der Waals surface area contributed by atoms with Crippen molar-refractivity contribution in [3.8, 4) is 23.7 Å². The van der Waals surface area contributed by atoms with Crippen molar-refractivity contribution >= 4 is 5.97 Å². The normalized spacial score (nSPS) is 16.3. The maximum absolute atomic E-state index is 12.4. The lowest BCUT2D eigenvalue weighted by Crippen LogP contribution is -2.25. The van der Waals surface area contributed by atoms with E-state index in [0.717, 1.165) is 25.7 Å². The Morgan fingerprint density at radius 3 is 1.77 bits per heavy atom. The van der Waals surface area contributed by atoms with Gasteiger partial charge in [0.25, 0.3) is 0 Å². The fourth-order valence-electron chi connectivity index (χ4n) is 2.15. The summed E-state index contributed by atoms with van der Waals surface area (Å²) < 4.78 is 5.64. The molecule has 0 aromatic heterocycles. The largest absolute Gasteiger partial charge is 0.461 e. The number of hydrogen-bond acceptors (Lipinski definition) is 2. The number of ether oxygens (including phenoxy) is 1. The molecule has 0 saturated heterocycles. The van der Waals surface area contributed by atoms with E-state index in [1.807, 2.05) is 41.5 Å². The lowest BCUT2D eigenvalue weighted by atomic mass is 9.94. The van der Waals surface area contributed by atoms with E-state index in [9.17, 15) is 4.79 Å². The molecule has 0 N–H and O–H groups in total. The van der Waals surface area contributed by atoms with Crippen LogP contribution in [0.25, 0.3) is 0 Å². The minimum absolute atomic E-state index is 0.0524. The number of rotatable bonds is 2. The Morgan fingerprint density at radius 2 is 1.36 bits per heavy atom. The monoisotopic (exact) mass is 302 g/mol. The van der Waals surface area contributed by atoms with E-state index in [4.69, 9.17) is 4.74 Å². The highest BCUT2D eigenvalue weighted by Crippen LogP contribution is 2.21. The maximum atomic E-state index is 12.4. The standard InChI is InChI=1S/C20H30O2/c1-19(2,3)14-12-16(13-15-20(4,5)6)18(21)22-17-10-8-7-9-11-17/h16-17H,7-11H2,1-6H3. The van der Waals surface area contributed by atoms with Gasteiger partial charge >= 0.3 is 5.97 Å². The van der Waals surface area contributed by atoms with Crippen LogP contribution in [0.4, 0.5) is 0 Å². The van der Waals surface area contributed by atoms with Crippen LogP contribution in [0.1, 0.15) is 73.6 Å². The zero-order valence-corrected chi connectivity index (χ0v) is 15.0. The first kappa shape index (κ1) is 18.6. The Kier molecular flexibility index (Phi) is 6.55. The molecule has 1 aliphatic carbocycles. The number of carbonyl (C=O) groups is 1. The quantitative estimate of drug-likeness (QED) is 0.551. The van der Waals surface area contributed by atoms with E-state index in [1.54, 1.807) is 0 Å². The van der Waals surface area contributed by atoms with Crippen molar-refractivity contribution in [2.45, 2.75) is 79.8 Å². The van der Waals surface area contributed by atoms with Gasteiger partial charge in [-0.15, -0.1) is 0 Å². The molecule has 0 aliphatic heterocycles. The molecule has 0 radical (unpaired) electrons. The molecule has 0 aromatic rings. The summed E-state index contributed by atoms with van der Waals surface area (Å²) in [5.74, 6) is 11.4. The molecule has 22 heavy (non-hydrogen) atoms. The van der Waals surface area contributed by atoms with Crippen LogP contribution in [-0.2, 0) is 9.53 Å². The van der Waals surface area contributed by atoms with Crippen LogP contribution in [0.15, 0.2) is 0 Å². The predicted molar refractivity (Wildman–Crippen MR) is 90.9 cm³/mol. The van der Waals surface area contributed by atoms with Gasteiger partial charge in [0, 0.05) is 10.8 Å². The van der Waals surface area contributed by atoms with Crippen molar-refractivity contribution in [3.63, 3.8) is 0 Å². The van der Waals surface area contributed by atoms with Gasteiger partial charge in [-0.25, -0.2) is 4.79 Å².